The molecule has 0 fully saturated rings. The van der Waals surface area contributed by atoms with Crippen LogP contribution >= 0.6 is 0 Å². The highest BCUT2D eigenvalue weighted by Crippen LogP contribution is 2.27. The molecule has 2 aromatic rings. The Morgan fingerprint density at radius 3 is 2.21 bits per heavy atom. The first-order valence-corrected chi connectivity index (χ1v) is 8.13. The van der Waals surface area contributed by atoms with Crippen molar-refractivity contribution in [3.63, 3.8) is 0 Å². The van der Waals surface area contributed by atoms with E-state index in [4.69, 9.17) is 9.47 Å². The Morgan fingerprint density at radius 1 is 0.875 bits per heavy atom. The van der Waals surface area contributed by atoms with E-state index in [2.05, 4.69) is 0 Å². The fourth-order valence-corrected chi connectivity index (χ4v) is 2.53. The fraction of sp³-hybridized carbons (Fsp3) is 0.300. The highest BCUT2D eigenvalue weighted by Gasteiger charge is 2.26. The molecule has 0 aliphatic rings. The van der Waals surface area contributed by atoms with Gasteiger partial charge in [-0.25, -0.2) is 0 Å². The van der Waals surface area contributed by atoms with Gasteiger partial charge in [-0.15, -0.1) is 0 Å². The fourth-order valence-electron chi connectivity index (χ4n) is 2.53. The van der Waals surface area contributed by atoms with Gasteiger partial charge in [0.2, 0.25) is 0 Å². The number of hydrogen-bond donors (Lipinski definition) is 0. The average Bonchev–Trinajstić information content (AvgIpc) is 2.61. The van der Waals surface area contributed by atoms with E-state index in [9.17, 15) is 9.59 Å². The number of benzene rings is 2. The molecule has 2 aromatic carbocycles. The molecule has 0 amide bonds. The van der Waals surface area contributed by atoms with Gasteiger partial charge in [0.05, 0.1) is 25.6 Å². The zero-order valence-electron chi connectivity index (χ0n) is 14.0. The third-order valence-electron chi connectivity index (χ3n) is 3.64. The topological polar surface area (TPSA) is 52.6 Å². The molecule has 0 aromatic heterocycles. The normalized spacial score (nSPS) is 11.6. The molecule has 4 nitrogen and oxygen atoms in total. The number of carbonyl (C=O) groups excluding carboxylic acids is 2. The first-order valence-electron chi connectivity index (χ1n) is 8.13. The molecule has 0 saturated heterocycles. The maximum absolute atomic E-state index is 12.3. The molecule has 2 rings (SSSR count). The summed E-state index contributed by atoms with van der Waals surface area (Å²) in [6.07, 6.45) is -0.0229. The van der Waals surface area contributed by atoms with Crippen LogP contribution in [0.2, 0.25) is 0 Å². The monoisotopic (exact) mass is 326 g/mol. The van der Waals surface area contributed by atoms with Crippen LogP contribution in [0.15, 0.2) is 54.6 Å². The molecule has 24 heavy (non-hydrogen) atoms. The van der Waals surface area contributed by atoms with E-state index in [0.717, 1.165) is 16.7 Å². The second kappa shape index (κ2) is 8.87. The van der Waals surface area contributed by atoms with Crippen molar-refractivity contribution < 1.29 is 19.1 Å². The van der Waals surface area contributed by atoms with E-state index in [-0.39, 0.29) is 13.0 Å². The van der Waals surface area contributed by atoms with Crippen molar-refractivity contribution in [1.82, 2.24) is 0 Å². The van der Waals surface area contributed by atoms with E-state index in [1.807, 2.05) is 54.6 Å². The lowest BCUT2D eigenvalue weighted by Gasteiger charge is -2.16. The first-order chi connectivity index (χ1) is 11.7. The minimum Gasteiger partial charge on any atom is -0.466 e. The number of carbonyl (C=O) groups is 2. The molecule has 126 valence electrons. The van der Waals surface area contributed by atoms with E-state index in [1.165, 1.54) is 0 Å². The Balaban J connectivity index is 2.31. The van der Waals surface area contributed by atoms with Crippen LogP contribution in [0.3, 0.4) is 0 Å². The van der Waals surface area contributed by atoms with Crippen LogP contribution in [-0.4, -0.2) is 25.2 Å². The van der Waals surface area contributed by atoms with Crippen molar-refractivity contribution in [3.8, 4) is 11.1 Å². The lowest BCUT2D eigenvalue weighted by Crippen LogP contribution is -2.20. The zero-order valence-corrected chi connectivity index (χ0v) is 14.0. The van der Waals surface area contributed by atoms with Gasteiger partial charge in [0.25, 0.3) is 0 Å². The quantitative estimate of drug-likeness (QED) is 0.723. The first kappa shape index (κ1) is 17.7. The molecule has 0 aliphatic heterocycles. The summed E-state index contributed by atoms with van der Waals surface area (Å²) in [4.78, 5) is 24.2. The van der Waals surface area contributed by atoms with Gasteiger partial charge in [0, 0.05) is 0 Å². The van der Waals surface area contributed by atoms with Crippen LogP contribution in [0.25, 0.3) is 11.1 Å². The predicted molar refractivity (Wildman–Crippen MR) is 92.5 cm³/mol. The van der Waals surface area contributed by atoms with Gasteiger partial charge in [-0.05, 0) is 30.5 Å². The molecule has 0 heterocycles. The largest absolute Gasteiger partial charge is 0.466 e. The van der Waals surface area contributed by atoms with Gasteiger partial charge in [-0.3, -0.25) is 9.59 Å². The minimum atomic E-state index is -0.660. The molecule has 0 radical (unpaired) electrons. The standard InChI is InChI=1S/C20H22O4/c1-3-23-19(21)14-18(20(22)24-4-2)17-12-8-11-16(13-17)15-9-6-5-7-10-15/h5-13,18H,3-4,14H2,1-2H3. The number of hydrogen-bond acceptors (Lipinski definition) is 4. The van der Waals surface area contributed by atoms with Crippen LogP contribution in [0.4, 0.5) is 0 Å². The van der Waals surface area contributed by atoms with Crippen molar-refractivity contribution in [2.45, 2.75) is 26.2 Å². The second-order valence-corrected chi connectivity index (χ2v) is 5.31. The van der Waals surface area contributed by atoms with E-state index >= 15 is 0 Å². The second-order valence-electron chi connectivity index (χ2n) is 5.31. The molecular weight excluding hydrogens is 304 g/mol. The summed E-state index contributed by atoms with van der Waals surface area (Å²) in [5.74, 6) is -1.47. The maximum Gasteiger partial charge on any atom is 0.313 e. The number of esters is 2. The predicted octanol–water partition coefficient (Wildman–Crippen LogP) is 3.95. The molecular formula is C20H22O4. The van der Waals surface area contributed by atoms with E-state index in [1.54, 1.807) is 13.8 Å². The number of ether oxygens (including phenoxy) is 2. The molecule has 0 aliphatic carbocycles. The third kappa shape index (κ3) is 4.69. The maximum atomic E-state index is 12.3. The zero-order chi connectivity index (χ0) is 17.4. The van der Waals surface area contributed by atoms with Gasteiger partial charge in [-0.1, -0.05) is 54.6 Å². The van der Waals surface area contributed by atoms with Crippen LogP contribution < -0.4 is 0 Å². The molecule has 4 heteroatoms. The SMILES string of the molecule is CCOC(=O)CC(C(=O)OCC)c1cccc(-c2ccccc2)c1. The summed E-state index contributed by atoms with van der Waals surface area (Å²) in [6.45, 7) is 4.06. The Kier molecular flexibility index (Phi) is 6.55. The van der Waals surface area contributed by atoms with Crippen molar-refractivity contribution in [3.05, 3.63) is 60.2 Å². The summed E-state index contributed by atoms with van der Waals surface area (Å²) in [7, 11) is 0. The molecule has 0 spiro atoms. The van der Waals surface area contributed by atoms with Crippen LogP contribution in [0, 0.1) is 0 Å². The van der Waals surface area contributed by atoms with Crippen molar-refractivity contribution >= 4 is 11.9 Å². The number of rotatable bonds is 7. The van der Waals surface area contributed by atoms with Crippen LogP contribution in [0.1, 0.15) is 31.7 Å². The summed E-state index contributed by atoms with van der Waals surface area (Å²) in [6, 6.07) is 17.5. The Labute approximate surface area is 142 Å². The lowest BCUT2D eigenvalue weighted by atomic mass is 9.92. The minimum absolute atomic E-state index is 0.0229. The van der Waals surface area contributed by atoms with Gasteiger partial charge in [-0.2, -0.15) is 0 Å². The average molecular weight is 326 g/mol. The molecule has 1 atom stereocenters. The highest BCUT2D eigenvalue weighted by molar-refractivity contribution is 5.85. The Bertz CT molecular complexity index is 679. The van der Waals surface area contributed by atoms with E-state index in [0.29, 0.717) is 6.61 Å². The summed E-state index contributed by atoms with van der Waals surface area (Å²) >= 11 is 0. The Morgan fingerprint density at radius 2 is 1.54 bits per heavy atom. The van der Waals surface area contributed by atoms with Crippen molar-refractivity contribution in [2.24, 2.45) is 0 Å². The molecule has 0 bridgehead atoms. The molecule has 0 saturated carbocycles. The smallest absolute Gasteiger partial charge is 0.313 e. The van der Waals surface area contributed by atoms with Crippen molar-refractivity contribution in [2.75, 3.05) is 13.2 Å². The summed E-state index contributed by atoms with van der Waals surface area (Å²) < 4.78 is 10.1. The van der Waals surface area contributed by atoms with Gasteiger partial charge in [0.15, 0.2) is 0 Å². The highest BCUT2D eigenvalue weighted by atomic mass is 16.5. The molecule has 1 unspecified atom stereocenters. The summed E-state index contributed by atoms with van der Waals surface area (Å²) in [5.41, 5.74) is 2.80. The van der Waals surface area contributed by atoms with Crippen LogP contribution in [0.5, 0.6) is 0 Å². The van der Waals surface area contributed by atoms with Gasteiger partial charge < -0.3 is 9.47 Å². The molecule has 0 N–H and O–H groups in total. The van der Waals surface area contributed by atoms with Gasteiger partial charge >= 0.3 is 11.9 Å². The summed E-state index contributed by atoms with van der Waals surface area (Å²) in [5, 5.41) is 0. The van der Waals surface area contributed by atoms with Gasteiger partial charge in [0.1, 0.15) is 0 Å². The van der Waals surface area contributed by atoms with Crippen molar-refractivity contribution in [1.29, 1.82) is 0 Å². The van der Waals surface area contributed by atoms with Crippen LogP contribution in [-0.2, 0) is 19.1 Å². The Hall–Kier alpha value is -2.62. The van der Waals surface area contributed by atoms with E-state index < -0.39 is 17.9 Å². The third-order valence-corrected chi connectivity index (χ3v) is 3.64. The lowest BCUT2D eigenvalue weighted by molar-refractivity contribution is -0.151.